The zero-order valence-corrected chi connectivity index (χ0v) is 21.9. The number of hydrogen-bond donors (Lipinski definition) is 4. The number of imidazole rings is 2. The van der Waals surface area contributed by atoms with Crippen LogP contribution in [0.4, 0.5) is 5.95 Å². The Morgan fingerprint density at radius 1 is 1.02 bits per heavy atom. The number of para-hydroxylation sites is 2. The number of carbonyl (C=O) groups is 2. The average Bonchev–Trinajstić information content (AvgIpc) is 3.70. The molecule has 6 rings (SSSR count). The van der Waals surface area contributed by atoms with Crippen LogP contribution in [0.2, 0.25) is 0 Å². The molecule has 4 aromatic heterocycles. The molecule has 0 atom stereocenters. The van der Waals surface area contributed by atoms with Gasteiger partial charge in [0.05, 0.1) is 41.1 Å². The predicted octanol–water partition coefficient (Wildman–Crippen LogP) is 3.47. The van der Waals surface area contributed by atoms with Gasteiger partial charge in [0.1, 0.15) is 11.6 Å². The summed E-state index contributed by atoms with van der Waals surface area (Å²) in [7, 11) is 0. The third kappa shape index (κ3) is 6.64. The van der Waals surface area contributed by atoms with E-state index in [0.29, 0.717) is 5.92 Å². The SMILES string of the molecule is O=C(O)C(=O)O.c1coc(Cn2c(CC3CCN(CCNc4nc5ccncc5[nH]4)CC3)nc3ccccc32)c1. The molecule has 0 spiro atoms. The van der Waals surface area contributed by atoms with Gasteiger partial charge in [0, 0.05) is 25.7 Å². The number of H-pyrrole nitrogens is 1. The molecule has 0 aliphatic carbocycles. The lowest BCUT2D eigenvalue weighted by Crippen LogP contribution is -2.37. The number of rotatable bonds is 8. The molecule has 0 radical (unpaired) electrons. The number of furan rings is 1. The average molecular weight is 546 g/mol. The third-order valence-corrected chi connectivity index (χ3v) is 6.99. The zero-order chi connectivity index (χ0) is 27.9. The highest BCUT2D eigenvalue weighted by Gasteiger charge is 2.22. The molecule has 0 bridgehead atoms. The summed E-state index contributed by atoms with van der Waals surface area (Å²) < 4.78 is 7.96. The van der Waals surface area contributed by atoms with Crippen molar-refractivity contribution < 1.29 is 24.2 Å². The number of aromatic amines is 1. The van der Waals surface area contributed by atoms with Crippen LogP contribution in [0.3, 0.4) is 0 Å². The molecule has 1 saturated heterocycles. The Morgan fingerprint density at radius 2 is 1.82 bits per heavy atom. The second kappa shape index (κ2) is 12.4. The van der Waals surface area contributed by atoms with Gasteiger partial charge in [-0.25, -0.2) is 19.6 Å². The van der Waals surface area contributed by atoms with Crippen LogP contribution in [0, 0.1) is 5.92 Å². The van der Waals surface area contributed by atoms with Crippen LogP contribution in [0.1, 0.15) is 24.4 Å². The maximum atomic E-state index is 9.10. The molecule has 0 unspecified atom stereocenters. The first-order chi connectivity index (χ1) is 19.5. The molecule has 12 nitrogen and oxygen atoms in total. The first-order valence-corrected chi connectivity index (χ1v) is 13.1. The summed E-state index contributed by atoms with van der Waals surface area (Å²) in [6.45, 7) is 4.85. The van der Waals surface area contributed by atoms with Gasteiger partial charge in [-0.15, -0.1) is 0 Å². The van der Waals surface area contributed by atoms with Crippen molar-refractivity contribution in [2.24, 2.45) is 5.92 Å². The molecule has 1 aromatic carbocycles. The van der Waals surface area contributed by atoms with Crippen LogP contribution in [0.15, 0.2) is 65.5 Å². The summed E-state index contributed by atoms with van der Waals surface area (Å²) in [5.74, 6) is -0.0536. The number of carboxylic acid groups (broad SMARTS) is 2. The van der Waals surface area contributed by atoms with E-state index in [-0.39, 0.29) is 0 Å². The number of pyridine rings is 1. The number of piperidine rings is 1. The van der Waals surface area contributed by atoms with E-state index in [2.05, 4.69) is 54.0 Å². The van der Waals surface area contributed by atoms with E-state index in [1.807, 2.05) is 18.2 Å². The van der Waals surface area contributed by atoms with E-state index < -0.39 is 11.9 Å². The summed E-state index contributed by atoms with van der Waals surface area (Å²) in [6, 6.07) is 14.3. The number of fused-ring (bicyclic) bond motifs is 2. The molecular formula is C28H31N7O5. The highest BCUT2D eigenvalue weighted by atomic mass is 16.4. The first-order valence-electron chi connectivity index (χ1n) is 13.1. The van der Waals surface area contributed by atoms with Crippen molar-refractivity contribution in [3.8, 4) is 0 Å². The Morgan fingerprint density at radius 3 is 2.55 bits per heavy atom. The summed E-state index contributed by atoms with van der Waals surface area (Å²) >= 11 is 0. The summed E-state index contributed by atoms with van der Waals surface area (Å²) in [5, 5.41) is 18.2. The van der Waals surface area contributed by atoms with E-state index in [9.17, 15) is 0 Å². The van der Waals surface area contributed by atoms with Crippen molar-refractivity contribution >= 4 is 40.0 Å². The van der Waals surface area contributed by atoms with Gasteiger partial charge in [-0.2, -0.15) is 0 Å². The molecule has 1 aliphatic rings. The summed E-state index contributed by atoms with van der Waals surface area (Å²) in [4.78, 5) is 37.7. The molecule has 12 heteroatoms. The van der Waals surface area contributed by atoms with Crippen molar-refractivity contribution in [2.45, 2.75) is 25.8 Å². The lowest BCUT2D eigenvalue weighted by molar-refractivity contribution is -0.159. The zero-order valence-electron chi connectivity index (χ0n) is 21.9. The molecule has 4 N–H and O–H groups in total. The molecule has 1 aliphatic heterocycles. The van der Waals surface area contributed by atoms with E-state index in [1.54, 1.807) is 18.7 Å². The van der Waals surface area contributed by atoms with Crippen molar-refractivity contribution in [1.82, 2.24) is 29.4 Å². The van der Waals surface area contributed by atoms with Crippen molar-refractivity contribution in [1.29, 1.82) is 0 Å². The molecule has 208 valence electrons. The fraction of sp³-hybridized carbons (Fsp3) is 0.321. The van der Waals surface area contributed by atoms with E-state index in [4.69, 9.17) is 29.2 Å². The number of aromatic nitrogens is 5. The topological polar surface area (TPSA) is 162 Å². The minimum Gasteiger partial charge on any atom is -0.473 e. The number of carboxylic acids is 2. The standard InChI is InChI=1S/C26H29N7O.C2H2O4/c1-2-6-24-22(5-1)29-25(33(24)18-20-4-3-15-34-20)16-19-8-12-32(13-9-19)14-11-28-26-30-21-7-10-27-17-23(21)31-26;3-1(4)2(5)6/h1-7,10,15,17,19H,8-9,11-14,16,18H2,(H2,28,30,31);(H,3,4)(H,5,6). The third-order valence-electron chi connectivity index (χ3n) is 6.99. The molecule has 0 amide bonds. The highest BCUT2D eigenvalue weighted by Crippen LogP contribution is 2.25. The Balaban J connectivity index is 0.000000487. The Labute approximate surface area is 229 Å². The van der Waals surface area contributed by atoms with Crippen LogP contribution in [0.5, 0.6) is 0 Å². The number of nitrogens with zero attached hydrogens (tertiary/aromatic N) is 5. The van der Waals surface area contributed by atoms with Gasteiger partial charge in [0.25, 0.3) is 0 Å². The smallest absolute Gasteiger partial charge is 0.414 e. The molecule has 1 fully saturated rings. The van der Waals surface area contributed by atoms with E-state index in [1.165, 1.54) is 18.4 Å². The van der Waals surface area contributed by atoms with E-state index in [0.717, 1.165) is 73.2 Å². The Hall–Kier alpha value is -4.71. The second-order valence-corrected chi connectivity index (χ2v) is 9.69. The number of hydrogen-bond acceptors (Lipinski definition) is 8. The molecule has 40 heavy (non-hydrogen) atoms. The van der Waals surface area contributed by atoms with Crippen molar-refractivity contribution in [2.75, 3.05) is 31.5 Å². The maximum Gasteiger partial charge on any atom is 0.414 e. The van der Waals surface area contributed by atoms with Gasteiger partial charge >= 0.3 is 11.9 Å². The first kappa shape index (κ1) is 26.9. The lowest BCUT2D eigenvalue weighted by Gasteiger charge is -2.31. The molecule has 5 heterocycles. The van der Waals surface area contributed by atoms with Crippen molar-refractivity contribution in [3.05, 3.63) is 72.7 Å². The largest absolute Gasteiger partial charge is 0.473 e. The Kier molecular flexibility index (Phi) is 8.35. The highest BCUT2D eigenvalue weighted by molar-refractivity contribution is 6.27. The van der Waals surface area contributed by atoms with E-state index >= 15 is 0 Å². The number of likely N-dealkylation sites (tertiary alicyclic amines) is 1. The normalized spacial score (nSPS) is 14.2. The predicted molar refractivity (Wildman–Crippen MR) is 148 cm³/mol. The van der Waals surface area contributed by atoms with Gasteiger partial charge in [-0.05, 0) is 62.2 Å². The number of aliphatic carboxylic acids is 2. The number of benzene rings is 1. The quantitative estimate of drug-likeness (QED) is 0.212. The minimum absolute atomic E-state index is 0.652. The minimum atomic E-state index is -1.82. The summed E-state index contributed by atoms with van der Waals surface area (Å²) in [6.07, 6.45) is 8.71. The van der Waals surface area contributed by atoms with Crippen molar-refractivity contribution in [3.63, 3.8) is 0 Å². The van der Waals surface area contributed by atoms with Gasteiger partial charge in [-0.3, -0.25) is 4.98 Å². The monoisotopic (exact) mass is 545 g/mol. The summed E-state index contributed by atoms with van der Waals surface area (Å²) in [5.41, 5.74) is 4.15. The second-order valence-electron chi connectivity index (χ2n) is 9.69. The fourth-order valence-corrected chi connectivity index (χ4v) is 4.96. The number of anilines is 1. The lowest BCUT2D eigenvalue weighted by atomic mass is 9.93. The Bertz CT molecular complexity index is 1520. The van der Waals surface area contributed by atoms with Crippen LogP contribution >= 0.6 is 0 Å². The van der Waals surface area contributed by atoms with Crippen LogP contribution < -0.4 is 5.32 Å². The maximum absolute atomic E-state index is 9.10. The van der Waals surface area contributed by atoms with Crippen LogP contribution in [-0.4, -0.2) is 77.7 Å². The molecular weight excluding hydrogens is 514 g/mol. The molecule has 0 saturated carbocycles. The molecule has 5 aromatic rings. The van der Waals surface area contributed by atoms with Gasteiger partial charge < -0.3 is 34.4 Å². The number of nitrogens with one attached hydrogen (secondary N) is 2. The van der Waals surface area contributed by atoms with Crippen LogP contribution in [0.25, 0.3) is 22.1 Å². The van der Waals surface area contributed by atoms with Gasteiger partial charge in [0.15, 0.2) is 0 Å². The fourth-order valence-electron chi connectivity index (χ4n) is 4.96. The van der Waals surface area contributed by atoms with Crippen LogP contribution in [-0.2, 0) is 22.6 Å². The van der Waals surface area contributed by atoms with Gasteiger partial charge in [-0.1, -0.05) is 12.1 Å². The van der Waals surface area contributed by atoms with Gasteiger partial charge in [0.2, 0.25) is 5.95 Å².